The van der Waals surface area contributed by atoms with Crippen LogP contribution in [0.2, 0.25) is 0 Å². The number of anilines is 1. The highest BCUT2D eigenvalue weighted by Crippen LogP contribution is 2.39. The van der Waals surface area contributed by atoms with Gasteiger partial charge in [-0.15, -0.1) is 0 Å². The number of fused-ring (bicyclic) bond motifs is 1. The average molecular weight is 274 g/mol. The van der Waals surface area contributed by atoms with Gasteiger partial charge in [-0.3, -0.25) is 14.9 Å². The van der Waals surface area contributed by atoms with Crippen molar-refractivity contribution in [3.05, 3.63) is 29.3 Å². The van der Waals surface area contributed by atoms with Gasteiger partial charge in [-0.2, -0.15) is 0 Å². The monoisotopic (exact) mass is 274 g/mol. The minimum Gasteiger partial charge on any atom is -0.480 e. The Labute approximate surface area is 117 Å². The van der Waals surface area contributed by atoms with Gasteiger partial charge in [-0.25, -0.2) is 0 Å². The van der Waals surface area contributed by atoms with Crippen molar-refractivity contribution >= 4 is 17.6 Å². The van der Waals surface area contributed by atoms with Crippen LogP contribution in [0.3, 0.4) is 0 Å². The minimum absolute atomic E-state index is 0.0494. The van der Waals surface area contributed by atoms with Gasteiger partial charge in [0.1, 0.15) is 6.04 Å². The summed E-state index contributed by atoms with van der Waals surface area (Å²) in [6.45, 7) is 3.70. The number of hydrogen-bond acceptors (Lipinski definition) is 3. The summed E-state index contributed by atoms with van der Waals surface area (Å²) in [4.78, 5) is 23.4. The largest absolute Gasteiger partial charge is 0.480 e. The van der Waals surface area contributed by atoms with Crippen molar-refractivity contribution < 1.29 is 14.7 Å². The highest BCUT2D eigenvalue weighted by molar-refractivity contribution is 6.05. The number of benzene rings is 1. The Kier molecular flexibility index (Phi) is 2.83. The number of carboxylic acids is 1. The zero-order valence-electron chi connectivity index (χ0n) is 11.6. The second-order valence-electron chi connectivity index (χ2n) is 6.10. The summed E-state index contributed by atoms with van der Waals surface area (Å²) in [6, 6.07) is 4.99. The van der Waals surface area contributed by atoms with Gasteiger partial charge >= 0.3 is 5.97 Å². The van der Waals surface area contributed by atoms with Crippen LogP contribution < -0.4 is 10.6 Å². The molecular weight excluding hydrogens is 256 g/mol. The van der Waals surface area contributed by atoms with Crippen LogP contribution in [0.5, 0.6) is 0 Å². The Bertz CT molecular complexity index is 591. The number of carbonyl (C=O) groups excluding carboxylic acids is 1. The van der Waals surface area contributed by atoms with Gasteiger partial charge in [0.2, 0.25) is 5.91 Å². The molecule has 5 heteroatoms. The number of aliphatic carboxylic acids is 1. The third kappa shape index (κ3) is 2.08. The van der Waals surface area contributed by atoms with E-state index >= 15 is 0 Å². The fourth-order valence-corrected chi connectivity index (χ4v) is 2.56. The third-order valence-corrected chi connectivity index (χ3v) is 4.09. The second-order valence-corrected chi connectivity index (χ2v) is 6.10. The van der Waals surface area contributed by atoms with E-state index in [2.05, 4.69) is 10.6 Å². The van der Waals surface area contributed by atoms with E-state index in [0.717, 1.165) is 24.1 Å². The third-order valence-electron chi connectivity index (χ3n) is 4.09. The molecule has 1 aliphatic carbocycles. The van der Waals surface area contributed by atoms with Gasteiger partial charge in [0.05, 0.1) is 5.41 Å². The van der Waals surface area contributed by atoms with Crippen LogP contribution in [0.25, 0.3) is 0 Å². The number of carboxylic acid groups (broad SMARTS) is 1. The summed E-state index contributed by atoms with van der Waals surface area (Å²) in [5.41, 5.74) is 1.73. The zero-order chi connectivity index (χ0) is 14.5. The first kappa shape index (κ1) is 13.1. The van der Waals surface area contributed by atoms with Crippen molar-refractivity contribution in [2.75, 3.05) is 5.32 Å². The molecule has 3 rings (SSSR count). The van der Waals surface area contributed by atoms with E-state index in [1.807, 2.05) is 19.9 Å². The maximum atomic E-state index is 11.9. The van der Waals surface area contributed by atoms with E-state index < -0.39 is 17.4 Å². The first-order valence-corrected chi connectivity index (χ1v) is 6.84. The van der Waals surface area contributed by atoms with Gasteiger partial charge in [0, 0.05) is 11.7 Å². The molecule has 0 bridgehead atoms. The molecule has 20 heavy (non-hydrogen) atoms. The summed E-state index contributed by atoms with van der Waals surface area (Å²) >= 11 is 0. The molecule has 1 heterocycles. The van der Waals surface area contributed by atoms with E-state index in [1.165, 1.54) is 0 Å². The van der Waals surface area contributed by atoms with Crippen LogP contribution in [0.15, 0.2) is 18.2 Å². The molecule has 0 spiro atoms. The minimum atomic E-state index is -0.882. The molecular formula is C15H18N2O3. The highest BCUT2D eigenvalue weighted by atomic mass is 16.4. The van der Waals surface area contributed by atoms with Crippen LogP contribution in [0.1, 0.15) is 43.9 Å². The first-order chi connectivity index (χ1) is 9.39. The molecule has 1 fully saturated rings. The maximum absolute atomic E-state index is 11.9. The van der Waals surface area contributed by atoms with Crippen molar-refractivity contribution in [2.45, 2.75) is 44.2 Å². The first-order valence-electron chi connectivity index (χ1n) is 6.84. The summed E-state index contributed by atoms with van der Waals surface area (Å²) in [5, 5.41) is 15.3. The number of rotatable bonds is 4. The molecule has 1 aromatic rings. The van der Waals surface area contributed by atoms with Crippen LogP contribution in [0, 0.1) is 0 Å². The standard InChI is InChI=1S/C15H18N2O3/c1-15(2)10-7-8(3-6-11(10)17-14(15)20)12(13(18)19)16-9-4-5-9/h3,6-7,9,12,16H,4-5H2,1-2H3,(H,17,20)(H,18,19). The molecule has 106 valence electrons. The topological polar surface area (TPSA) is 78.4 Å². The van der Waals surface area contributed by atoms with E-state index in [-0.39, 0.29) is 5.91 Å². The lowest BCUT2D eigenvalue weighted by atomic mass is 9.84. The Morgan fingerprint density at radius 1 is 1.45 bits per heavy atom. The van der Waals surface area contributed by atoms with Gasteiger partial charge in [0.15, 0.2) is 0 Å². The number of carbonyl (C=O) groups is 2. The number of hydrogen-bond donors (Lipinski definition) is 3. The molecule has 0 saturated heterocycles. The summed E-state index contributed by atoms with van der Waals surface area (Å²) in [6.07, 6.45) is 2.06. The van der Waals surface area contributed by atoms with E-state index in [4.69, 9.17) is 0 Å². The molecule has 1 aliphatic heterocycles. The molecule has 5 nitrogen and oxygen atoms in total. The van der Waals surface area contributed by atoms with Crippen molar-refractivity contribution in [3.8, 4) is 0 Å². The molecule has 1 atom stereocenters. The summed E-state index contributed by atoms with van der Waals surface area (Å²) < 4.78 is 0. The average Bonchev–Trinajstić information content (AvgIpc) is 3.16. The van der Waals surface area contributed by atoms with Crippen molar-refractivity contribution in [1.82, 2.24) is 5.32 Å². The predicted molar refractivity (Wildman–Crippen MR) is 74.6 cm³/mol. The number of nitrogens with one attached hydrogen (secondary N) is 2. The smallest absolute Gasteiger partial charge is 0.325 e. The van der Waals surface area contributed by atoms with Gasteiger partial charge in [0.25, 0.3) is 0 Å². The van der Waals surface area contributed by atoms with Crippen LogP contribution in [-0.2, 0) is 15.0 Å². The lowest BCUT2D eigenvalue weighted by Crippen LogP contribution is -2.30. The fraction of sp³-hybridized carbons (Fsp3) is 0.467. The molecule has 2 aliphatic rings. The zero-order valence-corrected chi connectivity index (χ0v) is 11.6. The summed E-state index contributed by atoms with van der Waals surface area (Å²) in [7, 11) is 0. The Morgan fingerprint density at radius 3 is 2.75 bits per heavy atom. The normalized spacial score (nSPS) is 21.2. The number of amides is 1. The Morgan fingerprint density at radius 2 is 2.15 bits per heavy atom. The second kappa shape index (κ2) is 4.31. The SMILES string of the molecule is CC1(C)C(=O)Nc2ccc(C(NC3CC3)C(=O)O)cc21. The van der Waals surface area contributed by atoms with Crippen molar-refractivity contribution in [1.29, 1.82) is 0 Å². The van der Waals surface area contributed by atoms with Crippen LogP contribution in [0.4, 0.5) is 5.69 Å². The Balaban J connectivity index is 1.97. The molecule has 1 unspecified atom stereocenters. The van der Waals surface area contributed by atoms with Crippen molar-refractivity contribution in [2.24, 2.45) is 0 Å². The van der Waals surface area contributed by atoms with E-state index in [0.29, 0.717) is 11.6 Å². The van der Waals surface area contributed by atoms with Gasteiger partial charge < -0.3 is 10.4 Å². The molecule has 1 aromatic carbocycles. The van der Waals surface area contributed by atoms with Gasteiger partial charge in [-0.1, -0.05) is 12.1 Å². The molecule has 1 saturated carbocycles. The van der Waals surface area contributed by atoms with E-state index in [1.54, 1.807) is 12.1 Å². The van der Waals surface area contributed by atoms with Gasteiger partial charge in [-0.05, 0) is 43.9 Å². The van der Waals surface area contributed by atoms with Crippen LogP contribution in [-0.4, -0.2) is 23.0 Å². The maximum Gasteiger partial charge on any atom is 0.325 e. The quantitative estimate of drug-likeness (QED) is 0.782. The van der Waals surface area contributed by atoms with Crippen molar-refractivity contribution in [3.63, 3.8) is 0 Å². The molecule has 0 radical (unpaired) electrons. The van der Waals surface area contributed by atoms with Crippen LogP contribution >= 0.6 is 0 Å². The summed E-state index contributed by atoms with van der Waals surface area (Å²) in [5.74, 6) is -0.932. The Hall–Kier alpha value is -1.88. The molecule has 1 amide bonds. The predicted octanol–water partition coefficient (Wildman–Crippen LogP) is 1.79. The fourth-order valence-electron chi connectivity index (χ4n) is 2.56. The lowest BCUT2D eigenvalue weighted by Gasteiger charge is -2.19. The van der Waals surface area contributed by atoms with E-state index in [9.17, 15) is 14.7 Å². The molecule has 3 N–H and O–H groups in total. The molecule has 0 aromatic heterocycles. The highest BCUT2D eigenvalue weighted by Gasteiger charge is 2.39. The lowest BCUT2D eigenvalue weighted by molar-refractivity contribution is -0.139.